The molecule has 0 aliphatic carbocycles. The van der Waals surface area contributed by atoms with Gasteiger partial charge in [-0.2, -0.15) is 0 Å². The van der Waals surface area contributed by atoms with E-state index in [0.29, 0.717) is 24.5 Å². The number of nitrogens with zero attached hydrogens (tertiary/aromatic N) is 2. The molecule has 1 amide bonds. The van der Waals surface area contributed by atoms with E-state index in [1.54, 1.807) is 34.6 Å². The highest BCUT2D eigenvalue weighted by atomic mass is 32.1. The zero-order valence-corrected chi connectivity index (χ0v) is 11.0. The predicted octanol–water partition coefficient (Wildman–Crippen LogP) is 2.32. The zero-order chi connectivity index (χ0) is 13.0. The number of nitrogen functional groups attached to an aromatic ring is 1. The number of nitrogens with two attached hydrogens (primary N) is 1. The summed E-state index contributed by atoms with van der Waals surface area (Å²) in [4.78, 5) is 19.1. The number of pyridine rings is 1. The lowest BCUT2D eigenvalue weighted by Crippen LogP contribution is -2.32. The van der Waals surface area contributed by atoms with E-state index in [9.17, 15) is 4.79 Å². The third-order valence-corrected chi connectivity index (χ3v) is 3.45. The van der Waals surface area contributed by atoms with Crippen molar-refractivity contribution in [2.24, 2.45) is 0 Å². The van der Waals surface area contributed by atoms with Gasteiger partial charge in [0.2, 0.25) is 5.91 Å². The van der Waals surface area contributed by atoms with Gasteiger partial charge in [-0.3, -0.25) is 9.69 Å². The van der Waals surface area contributed by atoms with Crippen LogP contribution in [-0.2, 0) is 11.2 Å². The smallest absolute Gasteiger partial charge is 0.233 e. The summed E-state index contributed by atoms with van der Waals surface area (Å²) in [7, 11) is 0. The molecule has 0 saturated heterocycles. The Balaban J connectivity index is 2.13. The minimum absolute atomic E-state index is 0.0530. The van der Waals surface area contributed by atoms with E-state index < -0.39 is 0 Å². The second kappa shape index (κ2) is 5.64. The van der Waals surface area contributed by atoms with Gasteiger partial charge in [0.1, 0.15) is 5.82 Å². The molecule has 0 aliphatic rings. The molecule has 2 N–H and O–H groups in total. The monoisotopic (exact) mass is 261 g/mol. The number of carbonyl (C=O) groups excluding carboxylic acids is 1. The fourth-order valence-corrected chi connectivity index (χ4v) is 2.38. The molecule has 0 fully saturated rings. The molecule has 0 atom stereocenters. The first-order valence-corrected chi connectivity index (χ1v) is 6.63. The maximum atomic E-state index is 12.2. The molecule has 94 valence electrons. The Morgan fingerprint density at radius 3 is 2.83 bits per heavy atom. The van der Waals surface area contributed by atoms with Crippen molar-refractivity contribution in [2.75, 3.05) is 17.2 Å². The lowest BCUT2D eigenvalue weighted by atomic mass is 10.3. The summed E-state index contributed by atoms with van der Waals surface area (Å²) in [5, 5.41) is 1.97. The van der Waals surface area contributed by atoms with Crippen LogP contribution in [0.15, 0.2) is 35.8 Å². The van der Waals surface area contributed by atoms with Crippen molar-refractivity contribution in [3.8, 4) is 0 Å². The Morgan fingerprint density at radius 1 is 1.44 bits per heavy atom. The maximum Gasteiger partial charge on any atom is 0.233 e. The largest absolute Gasteiger partial charge is 0.397 e. The Labute approximate surface area is 110 Å². The van der Waals surface area contributed by atoms with Crippen LogP contribution in [0.1, 0.15) is 11.8 Å². The van der Waals surface area contributed by atoms with E-state index in [1.165, 1.54) is 0 Å². The molecule has 5 heteroatoms. The van der Waals surface area contributed by atoms with E-state index in [-0.39, 0.29) is 5.91 Å². The van der Waals surface area contributed by atoms with Gasteiger partial charge in [-0.15, -0.1) is 11.3 Å². The molecule has 2 aromatic heterocycles. The van der Waals surface area contributed by atoms with Gasteiger partial charge in [0.25, 0.3) is 0 Å². The second-order valence-electron chi connectivity index (χ2n) is 3.84. The van der Waals surface area contributed by atoms with Gasteiger partial charge >= 0.3 is 0 Å². The van der Waals surface area contributed by atoms with Crippen LogP contribution in [0.5, 0.6) is 0 Å². The average Bonchev–Trinajstić information content (AvgIpc) is 2.85. The Kier molecular flexibility index (Phi) is 3.94. The Bertz CT molecular complexity index is 508. The first-order valence-electron chi connectivity index (χ1n) is 5.75. The molecule has 2 aromatic rings. The van der Waals surface area contributed by atoms with Crippen molar-refractivity contribution in [1.82, 2.24) is 4.98 Å². The molecule has 2 rings (SSSR count). The van der Waals surface area contributed by atoms with Crippen LogP contribution < -0.4 is 10.6 Å². The number of amides is 1. The highest BCUT2D eigenvalue weighted by Gasteiger charge is 2.15. The number of rotatable bonds is 4. The van der Waals surface area contributed by atoms with Gasteiger partial charge in [-0.25, -0.2) is 4.98 Å². The Hall–Kier alpha value is -1.88. The number of aromatic nitrogens is 1. The first-order chi connectivity index (χ1) is 8.70. The van der Waals surface area contributed by atoms with Crippen molar-refractivity contribution >= 4 is 28.7 Å². The van der Waals surface area contributed by atoms with Crippen molar-refractivity contribution in [3.63, 3.8) is 0 Å². The normalized spacial score (nSPS) is 10.3. The van der Waals surface area contributed by atoms with E-state index in [0.717, 1.165) is 4.88 Å². The minimum Gasteiger partial charge on any atom is -0.397 e. The van der Waals surface area contributed by atoms with Gasteiger partial charge < -0.3 is 5.73 Å². The molecule has 0 saturated carbocycles. The third kappa shape index (κ3) is 2.87. The summed E-state index contributed by atoms with van der Waals surface area (Å²) >= 11 is 1.59. The molecule has 0 bridgehead atoms. The molecule has 0 spiro atoms. The van der Waals surface area contributed by atoms with Crippen LogP contribution in [0, 0.1) is 0 Å². The number of thiophene rings is 1. The fourth-order valence-electron chi connectivity index (χ4n) is 1.68. The minimum atomic E-state index is 0.0530. The standard InChI is InChI=1S/C13H15N3OS/c1-2-16(12-6-5-10(14)9-15-12)13(17)8-11-4-3-7-18-11/h3-7,9H,2,8,14H2,1H3. The van der Waals surface area contributed by atoms with Crippen molar-refractivity contribution < 1.29 is 4.79 Å². The molecule has 0 aliphatic heterocycles. The van der Waals surface area contributed by atoms with Crippen LogP contribution in [0.3, 0.4) is 0 Å². The molecule has 0 aromatic carbocycles. The first kappa shape index (κ1) is 12.6. The summed E-state index contributed by atoms with van der Waals surface area (Å²) in [6.45, 7) is 2.53. The predicted molar refractivity (Wildman–Crippen MR) is 74.7 cm³/mol. The van der Waals surface area contributed by atoms with E-state index in [1.807, 2.05) is 24.4 Å². The summed E-state index contributed by atoms with van der Waals surface area (Å²) in [5.41, 5.74) is 6.19. The zero-order valence-electron chi connectivity index (χ0n) is 10.2. The van der Waals surface area contributed by atoms with Crippen LogP contribution in [-0.4, -0.2) is 17.4 Å². The molecule has 2 heterocycles. The summed E-state index contributed by atoms with van der Waals surface area (Å²) in [6, 6.07) is 7.44. The van der Waals surface area contributed by atoms with Gasteiger partial charge in [-0.05, 0) is 30.5 Å². The number of anilines is 2. The van der Waals surface area contributed by atoms with Crippen LogP contribution in [0.4, 0.5) is 11.5 Å². The van der Waals surface area contributed by atoms with E-state index in [4.69, 9.17) is 5.73 Å². The molecule has 4 nitrogen and oxygen atoms in total. The molecule has 0 radical (unpaired) electrons. The lowest BCUT2D eigenvalue weighted by molar-refractivity contribution is -0.117. The SMILES string of the molecule is CCN(C(=O)Cc1cccs1)c1ccc(N)cn1. The van der Waals surface area contributed by atoms with Crippen molar-refractivity contribution in [1.29, 1.82) is 0 Å². The van der Waals surface area contributed by atoms with Gasteiger partial charge in [0.05, 0.1) is 18.3 Å². The molecule has 0 unspecified atom stereocenters. The average molecular weight is 261 g/mol. The summed E-state index contributed by atoms with van der Waals surface area (Å²) in [5.74, 6) is 0.700. The molecular weight excluding hydrogens is 246 g/mol. The topological polar surface area (TPSA) is 59.2 Å². The van der Waals surface area contributed by atoms with Crippen LogP contribution in [0.2, 0.25) is 0 Å². The van der Waals surface area contributed by atoms with Gasteiger partial charge in [0.15, 0.2) is 0 Å². The molecule has 18 heavy (non-hydrogen) atoms. The fraction of sp³-hybridized carbons (Fsp3) is 0.231. The second-order valence-corrected chi connectivity index (χ2v) is 4.88. The van der Waals surface area contributed by atoms with Gasteiger partial charge in [-0.1, -0.05) is 6.07 Å². The Morgan fingerprint density at radius 2 is 2.28 bits per heavy atom. The van der Waals surface area contributed by atoms with Crippen LogP contribution in [0.25, 0.3) is 0 Å². The highest BCUT2D eigenvalue weighted by molar-refractivity contribution is 7.10. The number of likely N-dealkylation sites (N-methyl/N-ethyl adjacent to an activating group) is 1. The van der Waals surface area contributed by atoms with Gasteiger partial charge in [0, 0.05) is 11.4 Å². The number of hydrogen-bond donors (Lipinski definition) is 1. The molecular formula is C13H15N3OS. The number of carbonyl (C=O) groups is 1. The number of hydrogen-bond acceptors (Lipinski definition) is 4. The van der Waals surface area contributed by atoms with E-state index in [2.05, 4.69) is 4.98 Å². The van der Waals surface area contributed by atoms with Crippen molar-refractivity contribution in [2.45, 2.75) is 13.3 Å². The highest BCUT2D eigenvalue weighted by Crippen LogP contribution is 2.16. The van der Waals surface area contributed by atoms with Crippen LogP contribution >= 0.6 is 11.3 Å². The summed E-state index contributed by atoms with van der Waals surface area (Å²) in [6.07, 6.45) is 1.98. The summed E-state index contributed by atoms with van der Waals surface area (Å²) < 4.78 is 0. The van der Waals surface area contributed by atoms with E-state index >= 15 is 0 Å². The lowest BCUT2D eigenvalue weighted by Gasteiger charge is -2.19. The third-order valence-electron chi connectivity index (χ3n) is 2.57. The quantitative estimate of drug-likeness (QED) is 0.918. The maximum absolute atomic E-state index is 12.2. The van der Waals surface area contributed by atoms with Crippen molar-refractivity contribution in [3.05, 3.63) is 40.7 Å².